The van der Waals surface area contributed by atoms with Crippen LogP contribution < -0.4 is 10.6 Å². The van der Waals surface area contributed by atoms with Crippen molar-refractivity contribution < 1.29 is 31.9 Å². The maximum Gasteiger partial charge on any atom is 0.419 e. The van der Waals surface area contributed by atoms with E-state index in [-0.39, 0.29) is 18.2 Å². The summed E-state index contributed by atoms with van der Waals surface area (Å²) in [5.41, 5.74) is -0.115. The minimum absolute atomic E-state index is 0.130. The van der Waals surface area contributed by atoms with Gasteiger partial charge in [-0.05, 0) is 36.8 Å². The molecule has 1 heterocycles. The van der Waals surface area contributed by atoms with Gasteiger partial charge in [-0.2, -0.15) is 13.2 Å². The van der Waals surface area contributed by atoms with Gasteiger partial charge in [-0.15, -0.1) is 0 Å². The van der Waals surface area contributed by atoms with Crippen LogP contribution >= 0.6 is 0 Å². The molecular weight excluding hydrogens is 444 g/mol. The number of rotatable bonds is 7. The molecule has 1 aromatic heterocycles. The summed E-state index contributed by atoms with van der Waals surface area (Å²) in [7, 11) is 1.32. The number of aromatic nitrogens is 2. The van der Waals surface area contributed by atoms with Crippen LogP contribution in [0.3, 0.4) is 0 Å². The zero-order valence-electron chi connectivity index (χ0n) is 17.4. The molecule has 33 heavy (non-hydrogen) atoms. The van der Waals surface area contributed by atoms with Crippen molar-refractivity contribution in [2.24, 2.45) is 5.92 Å². The molecule has 11 heteroatoms. The van der Waals surface area contributed by atoms with E-state index in [1.54, 1.807) is 0 Å². The largest absolute Gasteiger partial charge is 0.419 e. The van der Waals surface area contributed by atoms with Crippen LogP contribution in [0.1, 0.15) is 23.7 Å². The van der Waals surface area contributed by atoms with Crippen LogP contribution in [0.2, 0.25) is 0 Å². The van der Waals surface area contributed by atoms with Crippen molar-refractivity contribution in [3.05, 3.63) is 59.7 Å². The van der Waals surface area contributed by atoms with Crippen LogP contribution in [-0.4, -0.2) is 41.5 Å². The zero-order valence-corrected chi connectivity index (χ0v) is 17.4. The molecule has 2 amide bonds. The number of aromatic amines is 1. The van der Waals surface area contributed by atoms with Gasteiger partial charge in [0.15, 0.2) is 0 Å². The molecule has 0 spiro atoms. The van der Waals surface area contributed by atoms with Crippen molar-refractivity contribution in [2.45, 2.75) is 24.6 Å². The molecule has 0 aliphatic heterocycles. The van der Waals surface area contributed by atoms with Gasteiger partial charge in [-0.3, -0.25) is 9.59 Å². The lowest BCUT2D eigenvalue weighted by molar-refractivity contribution is -0.140. The fourth-order valence-electron chi connectivity index (χ4n) is 3.61. The Kier molecular flexibility index (Phi) is 6.07. The van der Waals surface area contributed by atoms with E-state index in [1.165, 1.54) is 7.11 Å². The average molecular weight is 464 g/mol. The second kappa shape index (κ2) is 8.81. The average Bonchev–Trinajstić information content (AvgIpc) is 3.45. The molecule has 0 bridgehead atoms. The third-order valence-corrected chi connectivity index (χ3v) is 5.39. The van der Waals surface area contributed by atoms with E-state index < -0.39 is 41.3 Å². The van der Waals surface area contributed by atoms with E-state index in [1.807, 2.05) is 24.3 Å². The molecule has 0 unspecified atom stereocenters. The highest BCUT2D eigenvalue weighted by molar-refractivity contribution is 5.98. The Hall–Kier alpha value is -3.47. The van der Waals surface area contributed by atoms with E-state index in [4.69, 9.17) is 4.74 Å². The van der Waals surface area contributed by atoms with Crippen LogP contribution in [0.4, 0.5) is 23.2 Å². The lowest BCUT2D eigenvalue weighted by Gasteiger charge is -2.18. The maximum atomic E-state index is 13.5. The summed E-state index contributed by atoms with van der Waals surface area (Å²) >= 11 is 0. The molecule has 3 atom stereocenters. The number of benzene rings is 2. The van der Waals surface area contributed by atoms with Crippen LogP contribution in [0, 0.1) is 11.7 Å². The van der Waals surface area contributed by atoms with Gasteiger partial charge in [0.25, 0.3) is 0 Å². The maximum absolute atomic E-state index is 13.5. The molecular formula is C22H20F4N4O3. The number of nitrogens with zero attached hydrogens (tertiary/aromatic N) is 1. The fourth-order valence-corrected chi connectivity index (χ4v) is 3.61. The Morgan fingerprint density at radius 2 is 2.00 bits per heavy atom. The van der Waals surface area contributed by atoms with Crippen LogP contribution in [0.5, 0.6) is 0 Å². The Balaban J connectivity index is 1.41. The first-order valence-electron chi connectivity index (χ1n) is 10.1. The number of H-pyrrole nitrogens is 1. The summed E-state index contributed by atoms with van der Waals surface area (Å²) in [6.07, 6.45) is -4.37. The van der Waals surface area contributed by atoms with E-state index in [9.17, 15) is 27.2 Å². The number of carbonyl (C=O) groups excluding carboxylic acids is 2. The van der Waals surface area contributed by atoms with Crippen molar-refractivity contribution in [1.29, 1.82) is 0 Å². The van der Waals surface area contributed by atoms with Crippen molar-refractivity contribution in [1.82, 2.24) is 15.3 Å². The molecule has 2 aromatic carbocycles. The number of hydrogen-bond donors (Lipinski definition) is 3. The fraction of sp³-hybridized carbons (Fsp3) is 0.318. The summed E-state index contributed by atoms with van der Waals surface area (Å²) in [5, 5.41) is 4.85. The van der Waals surface area contributed by atoms with E-state index in [0.29, 0.717) is 24.4 Å². The highest BCUT2D eigenvalue weighted by atomic mass is 19.4. The highest BCUT2D eigenvalue weighted by Crippen LogP contribution is 2.46. The lowest BCUT2D eigenvalue weighted by Crippen LogP contribution is -2.47. The third kappa shape index (κ3) is 4.98. The molecule has 3 N–H and O–H groups in total. The van der Waals surface area contributed by atoms with Gasteiger partial charge in [0.2, 0.25) is 11.8 Å². The normalized spacial score (nSPS) is 18.7. The number of carbonyl (C=O) groups is 2. The number of nitrogens with one attached hydrogen (secondary N) is 3. The van der Waals surface area contributed by atoms with Gasteiger partial charge in [-0.1, -0.05) is 12.1 Å². The molecule has 174 valence electrons. The van der Waals surface area contributed by atoms with Gasteiger partial charge in [0, 0.05) is 24.6 Å². The quantitative estimate of drug-likeness (QED) is 0.466. The summed E-state index contributed by atoms with van der Waals surface area (Å²) in [6.45, 7) is -0.201. The SMILES string of the molecule is COC[C@@H](NC(=O)[C@H]1C[C@@H]1c1nc2ccccc2[nH]1)C(=O)Nc1ccc(F)c(C(F)(F)F)c1. The zero-order chi connectivity index (χ0) is 23.8. The number of fused-ring (bicyclic) bond motifs is 1. The molecule has 1 aliphatic carbocycles. The number of anilines is 1. The molecule has 0 saturated heterocycles. The smallest absolute Gasteiger partial charge is 0.382 e. The Morgan fingerprint density at radius 1 is 1.24 bits per heavy atom. The lowest BCUT2D eigenvalue weighted by atomic mass is 10.1. The number of para-hydroxylation sites is 2. The number of alkyl halides is 3. The monoisotopic (exact) mass is 464 g/mol. The summed E-state index contributed by atoms with van der Waals surface area (Å²) in [4.78, 5) is 33.0. The second-order valence-electron chi connectivity index (χ2n) is 7.79. The van der Waals surface area contributed by atoms with Crippen molar-refractivity contribution in [3.63, 3.8) is 0 Å². The standard InChI is InChI=1S/C22H20F4N4O3/c1-33-10-18(21(32)27-11-6-7-15(23)14(8-11)22(24,25)26)30-20(31)13-9-12(13)19-28-16-4-2-3-5-17(16)29-19/h2-8,12-13,18H,9-10H2,1H3,(H,27,32)(H,28,29)(H,30,31)/t12-,13-,18+/m0/s1. The van der Waals surface area contributed by atoms with Gasteiger partial charge >= 0.3 is 6.18 Å². The van der Waals surface area contributed by atoms with Crippen LogP contribution in [0.15, 0.2) is 42.5 Å². The van der Waals surface area contributed by atoms with Crippen LogP contribution in [0.25, 0.3) is 11.0 Å². The topological polar surface area (TPSA) is 96.1 Å². The van der Waals surface area contributed by atoms with E-state index in [2.05, 4.69) is 20.6 Å². The summed E-state index contributed by atoms with van der Waals surface area (Å²) in [6, 6.07) is 8.42. The molecule has 0 radical (unpaired) electrons. The number of imidazole rings is 1. The molecule has 1 aliphatic rings. The molecule has 4 rings (SSSR count). The molecule has 1 fully saturated rings. The second-order valence-corrected chi connectivity index (χ2v) is 7.79. The van der Waals surface area contributed by atoms with Crippen LogP contribution in [-0.2, 0) is 20.5 Å². The molecule has 7 nitrogen and oxygen atoms in total. The molecule has 1 saturated carbocycles. The minimum Gasteiger partial charge on any atom is -0.382 e. The first-order chi connectivity index (χ1) is 15.7. The van der Waals surface area contributed by atoms with Crippen molar-refractivity contribution in [3.8, 4) is 0 Å². The van der Waals surface area contributed by atoms with E-state index in [0.717, 1.165) is 17.1 Å². The highest BCUT2D eigenvalue weighted by Gasteiger charge is 2.46. The first-order valence-corrected chi connectivity index (χ1v) is 10.1. The number of ether oxygens (including phenoxy) is 1. The summed E-state index contributed by atoms with van der Waals surface area (Å²) < 4.78 is 57.2. The number of halogens is 4. The Bertz CT molecular complexity index is 1160. The summed E-state index contributed by atoms with van der Waals surface area (Å²) in [5.74, 6) is -2.49. The van der Waals surface area contributed by atoms with Crippen molar-refractivity contribution >= 4 is 28.5 Å². The van der Waals surface area contributed by atoms with Crippen molar-refractivity contribution in [2.75, 3.05) is 19.0 Å². The molecule has 3 aromatic rings. The third-order valence-electron chi connectivity index (χ3n) is 5.39. The van der Waals surface area contributed by atoms with Gasteiger partial charge in [0.05, 0.1) is 23.2 Å². The predicted molar refractivity (Wildman–Crippen MR) is 111 cm³/mol. The number of methoxy groups -OCH3 is 1. The van der Waals surface area contributed by atoms with Gasteiger partial charge in [0.1, 0.15) is 17.7 Å². The van der Waals surface area contributed by atoms with Gasteiger partial charge in [-0.25, -0.2) is 9.37 Å². The first kappa shape index (κ1) is 22.7. The minimum atomic E-state index is -4.91. The Labute approximate surface area is 185 Å². The number of amides is 2. The van der Waals surface area contributed by atoms with Gasteiger partial charge < -0.3 is 20.4 Å². The Morgan fingerprint density at radius 3 is 2.70 bits per heavy atom. The van der Waals surface area contributed by atoms with E-state index >= 15 is 0 Å². The number of hydrogen-bond acceptors (Lipinski definition) is 4. The predicted octanol–water partition coefficient (Wildman–Crippen LogP) is 3.59.